The van der Waals surface area contributed by atoms with Gasteiger partial charge in [-0.15, -0.1) is 0 Å². The van der Waals surface area contributed by atoms with Gasteiger partial charge in [0.05, 0.1) is 8.39 Å². The number of hydrogen-bond acceptors (Lipinski definition) is 4. The van der Waals surface area contributed by atoms with E-state index in [4.69, 9.17) is 24.4 Å². The lowest BCUT2D eigenvalue weighted by atomic mass is 10.1. The molecule has 0 radical (unpaired) electrons. The molecular weight excluding hydrogens is 441 g/mol. The summed E-state index contributed by atoms with van der Waals surface area (Å²) in [6, 6.07) is 0. The molecule has 30 heavy (non-hydrogen) atoms. The molecule has 0 saturated heterocycles. The molecule has 0 rings (SSSR count). The van der Waals surface area contributed by atoms with Crippen LogP contribution in [0.15, 0.2) is 0 Å². The van der Waals surface area contributed by atoms with Gasteiger partial charge in [-0.25, -0.2) is 0 Å². The first-order valence-electron chi connectivity index (χ1n) is 13.1. The van der Waals surface area contributed by atoms with Gasteiger partial charge in [0.25, 0.3) is 0 Å². The fourth-order valence-electron chi connectivity index (χ4n) is 3.69. The minimum atomic E-state index is 1.09. The van der Waals surface area contributed by atoms with E-state index in [0.717, 1.165) is 21.2 Å². The first-order chi connectivity index (χ1) is 14.7. The van der Waals surface area contributed by atoms with Gasteiger partial charge >= 0.3 is 0 Å². The molecule has 0 aromatic carbocycles. The zero-order valence-corrected chi connectivity index (χ0v) is 23.5. The van der Waals surface area contributed by atoms with Crippen molar-refractivity contribution in [3.63, 3.8) is 0 Å². The second-order valence-corrected chi connectivity index (χ2v) is 12.6. The molecule has 178 valence electrons. The predicted molar refractivity (Wildman–Crippen MR) is 153 cm³/mol. The molecule has 0 fully saturated rings. The van der Waals surface area contributed by atoms with Crippen LogP contribution in [0, 0.1) is 0 Å². The maximum Gasteiger partial charge on any atom is 0.0590 e. The lowest BCUT2D eigenvalue weighted by Crippen LogP contribution is -1.91. The molecule has 0 amide bonds. The van der Waals surface area contributed by atoms with Crippen LogP contribution in [0.3, 0.4) is 0 Å². The maximum atomic E-state index is 5.54. The normalized spacial score (nSPS) is 11.1. The third-order valence-electron chi connectivity index (χ3n) is 5.70. The molecule has 0 aliphatic rings. The van der Waals surface area contributed by atoms with Crippen molar-refractivity contribution in [3.8, 4) is 0 Å². The third-order valence-corrected chi connectivity index (χ3v) is 9.56. The van der Waals surface area contributed by atoms with Crippen LogP contribution < -0.4 is 0 Å². The smallest absolute Gasteiger partial charge is 0.0590 e. The number of hydrogen-bond donors (Lipinski definition) is 0. The minimum Gasteiger partial charge on any atom is -0.0765 e. The summed E-state index contributed by atoms with van der Waals surface area (Å²) < 4.78 is 2.29. The van der Waals surface area contributed by atoms with Crippen LogP contribution in [0.4, 0.5) is 0 Å². The van der Waals surface area contributed by atoms with E-state index in [0.29, 0.717) is 0 Å². The van der Waals surface area contributed by atoms with E-state index in [1.807, 2.05) is 0 Å². The van der Waals surface area contributed by atoms with Crippen molar-refractivity contribution in [2.24, 2.45) is 0 Å². The maximum absolute atomic E-state index is 5.54. The van der Waals surface area contributed by atoms with Gasteiger partial charge in [-0.1, -0.05) is 154 Å². The Balaban J connectivity index is 3.31. The summed E-state index contributed by atoms with van der Waals surface area (Å²) in [5, 5.41) is 0. The fraction of sp³-hybridized carbons (Fsp3) is 0.923. The van der Waals surface area contributed by atoms with Gasteiger partial charge in [0.1, 0.15) is 0 Å². The lowest BCUT2D eigenvalue weighted by Gasteiger charge is -2.06. The first-order valence-corrected chi connectivity index (χ1v) is 16.1. The number of rotatable bonds is 22. The summed E-state index contributed by atoms with van der Waals surface area (Å²) in [6.45, 7) is 4.57. The van der Waals surface area contributed by atoms with Crippen molar-refractivity contribution >= 4 is 54.4 Å². The Bertz CT molecular complexity index is 345. The van der Waals surface area contributed by atoms with Gasteiger partial charge < -0.3 is 0 Å². The Morgan fingerprint density at radius 3 is 0.900 bits per heavy atom. The summed E-state index contributed by atoms with van der Waals surface area (Å²) in [6.07, 6.45) is 29.9. The molecule has 0 atom stereocenters. The van der Waals surface area contributed by atoms with Crippen molar-refractivity contribution in [2.45, 2.75) is 155 Å². The quantitative estimate of drug-likeness (QED) is 0.0839. The highest BCUT2D eigenvalue weighted by Crippen LogP contribution is 2.29. The van der Waals surface area contributed by atoms with Gasteiger partial charge in [-0.05, 0) is 47.3 Å². The van der Waals surface area contributed by atoms with E-state index < -0.39 is 0 Å². The zero-order chi connectivity index (χ0) is 22.1. The van der Waals surface area contributed by atoms with Crippen molar-refractivity contribution in [1.82, 2.24) is 0 Å². The topological polar surface area (TPSA) is 0 Å². The van der Waals surface area contributed by atoms with Crippen LogP contribution in [0.1, 0.15) is 155 Å². The van der Waals surface area contributed by atoms with E-state index in [9.17, 15) is 0 Å². The molecular formula is C26H50S4. The summed E-state index contributed by atoms with van der Waals surface area (Å²) in [5.74, 6) is 0. The molecule has 4 heteroatoms. The molecule has 0 aliphatic heterocycles. The minimum absolute atomic E-state index is 1.09. The highest BCUT2D eigenvalue weighted by molar-refractivity contribution is 8.89. The second kappa shape index (κ2) is 26.1. The van der Waals surface area contributed by atoms with Crippen molar-refractivity contribution in [2.75, 3.05) is 0 Å². The standard InChI is InChI=1S/C26H50S4/c1-3-5-7-9-11-13-15-17-19-21-23-25(27)29-30-26(28)24-22-20-18-16-14-12-10-8-6-4-2/h3-24H2,1-2H3. The Kier molecular flexibility index (Phi) is 26.9. The van der Waals surface area contributed by atoms with E-state index in [1.165, 1.54) is 128 Å². The van der Waals surface area contributed by atoms with Crippen LogP contribution in [0.2, 0.25) is 0 Å². The van der Waals surface area contributed by atoms with E-state index in [1.54, 1.807) is 21.6 Å². The average Bonchev–Trinajstić information content (AvgIpc) is 2.75. The molecule has 0 spiro atoms. The Morgan fingerprint density at radius 1 is 0.400 bits per heavy atom. The molecule has 0 aromatic rings. The van der Waals surface area contributed by atoms with Crippen molar-refractivity contribution in [3.05, 3.63) is 0 Å². The third kappa shape index (κ3) is 25.1. The molecule has 0 bridgehead atoms. The second-order valence-electron chi connectivity index (χ2n) is 8.77. The van der Waals surface area contributed by atoms with Crippen LogP contribution in [-0.2, 0) is 0 Å². The van der Waals surface area contributed by atoms with E-state index in [2.05, 4.69) is 13.8 Å². The van der Waals surface area contributed by atoms with Gasteiger partial charge in [0.15, 0.2) is 0 Å². The molecule has 0 aromatic heterocycles. The van der Waals surface area contributed by atoms with Gasteiger partial charge in [0.2, 0.25) is 0 Å². The Labute approximate surface area is 208 Å². The van der Waals surface area contributed by atoms with Crippen LogP contribution in [0.25, 0.3) is 0 Å². The largest absolute Gasteiger partial charge is 0.0765 e. The zero-order valence-electron chi connectivity index (χ0n) is 20.2. The van der Waals surface area contributed by atoms with E-state index in [-0.39, 0.29) is 0 Å². The van der Waals surface area contributed by atoms with Crippen molar-refractivity contribution in [1.29, 1.82) is 0 Å². The molecule has 0 unspecified atom stereocenters. The highest BCUT2D eigenvalue weighted by Gasteiger charge is 2.04. The van der Waals surface area contributed by atoms with Crippen molar-refractivity contribution < 1.29 is 0 Å². The van der Waals surface area contributed by atoms with Gasteiger partial charge in [-0.3, -0.25) is 0 Å². The summed E-state index contributed by atoms with van der Waals surface area (Å²) in [7, 11) is 3.50. The SMILES string of the molecule is CCCCCCCCCCCCC(=S)SSC(=S)CCCCCCCCCCCC. The monoisotopic (exact) mass is 490 g/mol. The Morgan fingerprint density at radius 2 is 0.633 bits per heavy atom. The molecule has 0 saturated carbocycles. The number of thiocarbonyl (C=S) groups is 2. The van der Waals surface area contributed by atoms with Gasteiger partial charge in [0, 0.05) is 0 Å². The molecule has 0 nitrogen and oxygen atoms in total. The fourth-order valence-corrected chi connectivity index (χ4v) is 6.29. The van der Waals surface area contributed by atoms with Crippen LogP contribution in [0.5, 0.6) is 0 Å². The van der Waals surface area contributed by atoms with Gasteiger partial charge in [-0.2, -0.15) is 0 Å². The average molecular weight is 491 g/mol. The molecule has 0 aliphatic carbocycles. The lowest BCUT2D eigenvalue weighted by molar-refractivity contribution is 0.559. The summed E-state index contributed by atoms with van der Waals surface area (Å²) in [4.78, 5) is 0. The predicted octanol–water partition coefficient (Wildman–Crippen LogP) is 11.6. The van der Waals surface area contributed by atoms with Crippen LogP contribution in [-0.4, -0.2) is 8.39 Å². The molecule has 0 heterocycles. The highest BCUT2D eigenvalue weighted by atomic mass is 33.1. The summed E-state index contributed by atoms with van der Waals surface area (Å²) >= 11 is 11.1. The molecule has 0 N–H and O–H groups in total. The van der Waals surface area contributed by atoms with E-state index >= 15 is 0 Å². The Hall–Kier alpha value is 0.880. The summed E-state index contributed by atoms with van der Waals surface area (Å²) in [5.41, 5.74) is 0. The van der Waals surface area contributed by atoms with Crippen LogP contribution >= 0.6 is 46.0 Å². The number of unbranched alkanes of at least 4 members (excludes halogenated alkanes) is 18. The first kappa shape index (κ1) is 30.9.